The highest BCUT2D eigenvalue weighted by molar-refractivity contribution is 5.92. The van der Waals surface area contributed by atoms with Gasteiger partial charge < -0.3 is 9.47 Å². The molecule has 0 saturated carbocycles. The number of benzene rings is 2. The number of carbonyl (C=O) groups excluding carboxylic acids is 2. The van der Waals surface area contributed by atoms with Gasteiger partial charge in [0.25, 0.3) is 0 Å². The lowest BCUT2D eigenvalue weighted by atomic mass is 10.1. The number of rotatable bonds is 4. The van der Waals surface area contributed by atoms with Crippen LogP contribution in [0.2, 0.25) is 0 Å². The molecular formula is C18H16O4. The Morgan fingerprint density at radius 2 is 1.77 bits per heavy atom. The van der Waals surface area contributed by atoms with Crippen LogP contribution in [0.4, 0.5) is 0 Å². The fourth-order valence-corrected chi connectivity index (χ4v) is 1.84. The van der Waals surface area contributed by atoms with Gasteiger partial charge in [0.1, 0.15) is 5.75 Å². The number of ether oxygens (including phenoxy) is 2. The zero-order valence-electron chi connectivity index (χ0n) is 12.5. The summed E-state index contributed by atoms with van der Waals surface area (Å²) in [7, 11) is 1.33. The van der Waals surface area contributed by atoms with Gasteiger partial charge in [-0.3, -0.25) is 0 Å². The maximum Gasteiger partial charge on any atom is 0.338 e. The summed E-state index contributed by atoms with van der Waals surface area (Å²) in [6.07, 6.45) is 3.05. The summed E-state index contributed by atoms with van der Waals surface area (Å²) >= 11 is 0. The predicted octanol–water partition coefficient (Wildman–Crippen LogP) is 3.51. The van der Waals surface area contributed by atoms with E-state index in [-0.39, 0.29) is 0 Å². The zero-order valence-corrected chi connectivity index (χ0v) is 12.5. The Bertz CT molecular complexity index is 772. The second-order valence-corrected chi connectivity index (χ2v) is 4.79. The Kier molecular flexibility index (Phi) is 4.73. The highest BCUT2D eigenvalue weighted by Crippen LogP contribution is 2.23. The van der Waals surface area contributed by atoms with Gasteiger partial charge in [0, 0.05) is 11.6 Å². The largest absolute Gasteiger partial charge is 0.466 e. The average Bonchev–Trinajstić information content (AvgIpc) is 2.52. The fourth-order valence-electron chi connectivity index (χ4n) is 1.84. The molecule has 0 aliphatic carbocycles. The smallest absolute Gasteiger partial charge is 0.338 e. The molecule has 2 aromatic carbocycles. The third-order valence-electron chi connectivity index (χ3n) is 3.01. The lowest BCUT2D eigenvalue weighted by molar-refractivity contribution is -0.134. The zero-order chi connectivity index (χ0) is 16.1. The van der Waals surface area contributed by atoms with Gasteiger partial charge in [-0.05, 0) is 47.5 Å². The first-order valence-electron chi connectivity index (χ1n) is 6.67. The van der Waals surface area contributed by atoms with E-state index in [2.05, 4.69) is 11.3 Å². The minimum Gasteiger partial charge on any atom is -0.466 e. The average molecular weight is 296 g/mol. The molecule has 0 aliphatic rings. The lowest BCUT2D eigenvalue weighted by Gasteiger charge is -2.06. The Morgan fingerprint density at radius 1 is 1.09 bits per heavy atom. The maximum absolute atomic E-state index is 11.5. The molecule has 4 nitrogen and oxygen atoms in total. The van der Waals surface area contributed by atoms with Crippen LogP contribution in [-0.4, -0.2) is 19.0 Å². The van der Waals surface area contributed by atoms with Crippen LogP contribution in [0, 0.1) is 0 Å². The van der Waals surface area contributed by atoms with Gasteiger partial charge in [-0.2, -0.15) is 0 Å². The van der Waals surface area contributed by atoms with Crippen molar-refractivity contribution in [3.05, 3.63) is 60.2 Å². The fraction of sp³-hybridized carbons (Fsp3) is 0.111. The first kappa shape index (κ1) is 15.5. The van der Waals surface area contributed by atoms with Crippen molar-refractivity contribution in [2.24, 2.45) is 0 Å². The van der Waals surface area contributed by atoms with E-state index in [4.69, 9.17) is 4.74 Å². The van der Waals surface area contributed by atoms with E-state index in [1.165, 1.54) is 13.2 Å². The molecule has 0 saturated heterocycles. The third-order valence-corrected chi connectivity index (χ3v) is 3.01. The van der Waals surface area contributed by atoms with Crippen LogP contribution in [0.25, 0.3) is 16.8 Å². The number of esters is 2. The van der Waals surface area contributed by atoms with Gasteiger partial charge in [-0.1, -0.05) is 24.8 Å². The van der Waals surface area contributed by atoms with E-state index in [0.717, 1.165) is 16.3 Å². The first-order chi connectivity index (χ1) is 10.5. The van der Waals surface area contributed by atoms with Gasteiger partial charge in [0.2, 0.25) is 0 Å². The maximum atomic E-state index is 11.5. The van der Waals surface area contributed by atoms with Crippen LogP contribution in [0.5, 0.6) is 5.75 Å². The molecule has 4 heteroatoms. The highest BCUT2D eigenvalue weighted by atomic mass is 16.5. The van der Waals surface area contributed by atoms with Crippen molar-refractivity contribution in [3.8, 4) is 5.75 Å². The lowest BCUT2D eigenvalue weighted by Crippen LogP contribution is -2.07. The van der Waals surface area contributed by atoms with Crippen molar-refractivity contribution >= 4 is 28.8 Å². The van der Waals surface area contributed by atoms with Crippen LogP contribution in [-0.2, 0) is 14.3 Å². The Labute approximate surface area is 128 Å². The molecule has 0 atom stereocenters. The quantitative estimate of drug-likeness (QED) is 0.492. The highest BCUT2D eigenvalue weighted by Gasteiger charge is 2.06. The molecule has 2 rings (SSSR count). The second-order valence-electron chi connectivity index (χ2n) is 4.79. The summed E-state index contributed by atoms with van der Waals surface area (Å²) in [5.41, 5.74) is 1.23. The first-order valence-corrected chi connectivity index (χ1v) is 6.67. The molecule has 0 bridgehead atoms. The van der Waals surface area contributed by atoms with E-state index < -0.39 is 11.9 Å². The summed E-state index contributed by atoms with van der Waals surface area (Å²) in [4.78, 5) is 22.6. The van der Waals surface area contributed by atoms with Gasteiger partial charge in [-0.15, -0.1) is 0 Å². The molecule has 0 aliphatic heterocycles. The molecule has 0 fully saturated rings. The molecule has 112 valence electrons. The molecule has 0 aromatic heterocycles. The van der Waals surface area contributed by atoms with Gasteiger partial charge >= 0.3 is 11.9 Å². The van der Waals surface area contributed by atoms with Crippen molar-refractivity contribution < 1.29 is 19.1 Å². The topological polar surface area (TPSA) is 52.6 Å². The monoisotopic (exact) mass is 296 g/mol. The van der Waals surface area contributed by atoms with Crippen LogP contribution >= 0.6 is 0 Å². The van der Waals surface area contributed by atoms with Gasteiger partial charge in [0.15, 0.2) is 0 Å². The summed E-state index contributed by atoms with van der Waals surface area (Å²) < 4.78 is 9.74. The minimum atomic E-state index is -0.447. The number of methoxy groups -OCH3 is 1. The SMILES string of the molecule is C=C(C)C(=O)Oc1ccc2cc(/C=C/C(=O)OC)ccc2c1. The summed E-state index contributed by atoms with van der Waals surface area (Å²) in [5.74, 6) is -0.377. The number of carbonyl (C=O) groups is 2. The van der Waals surface area contributed by atoms with Crippen LogP contribution in [0.3, 0.4) is 0 Å². The number of fused-ring (bicyclic) bond motifs is 1. The number of hydrogen-bond donors (Lipinski definition) is 0. The van der Waals surface area contributed by atoms with E-state index in [9.17, 15) is 9.59 Å². The Morgan fingerprint density at radius 3 is 2.45 bits per heavy atom. The predicted molar refractivity (Wildman–Crippen MR) is 85.4 cm³/mol. The Hall–Kier alpha value is -2.88. The normalized spacial score (nSPS) is 10.6. The summed E-state index contributed by atoms with van der Waals surface area (Å²) in [6, 6.07) is 11.0. The summed E-state index contributed by atoms with van der Waals surface area (Å²) in [5, 5.41) is 1.91. The van der Waals surface area contributed by atoms with E-state index in [1.54, 1.807) is 25.1 Å². The van der Waals surface area contributed by atoms with E-state index in [0.29, 0.717) is 11.3 Å². The van der Waals surface area contributed by atoms with Gasteiger partial charge in [0.05, 0.1) is 7.11 Å². The summed E-state index contributed by atoms with van der Waals surface area (Å²) in [6.45, 7) is 5.15. The van der Waals surface area contributed by atoms with Crippen molar-refractivity contribution in [1.29, 1.82) is 0 Å². The van der Waals surface area contributed by atoms with Gasteiger partial charge in [-0.25, -0.2) is 9.59 Å². The molecule has 0 N–H and O–H groups in total. The second kappa shape index (κ2) is 6.72. The van der Waals surface area contributed by atoms with Crippen LogP contribution in [0.15, 0.2) is 54.6 Å². The van der Waals surface area contributed by atoms with Crippen molar-refractivity contribution in [3.63, 3.8) is 0 Å². The van der Waals surface area contributed by atoms with E-state index in [1.807, 2.05) is 24.3 Å². The third kappa shape index (κ3) is 3.82. The van der Waals surface area contributed by atoms with Crippen LogP contribution in [0.1, 0.15) is 12.5 Å². The van der Waals surface area contributed by atoms with Crippen molar-refractivity contribution in [2.75, 3.05) is 7.11 Å². The van der Waals surface area contributed by atoms with E-state index >= 15 is 0 Å². The number of hydrogen-bond acceptors (Lipinski definition) is 4. The Balaban J connectivity index is 2.25. The standard InChI is InChI=1S/C18H16O4/c1-12(2)18(20)22-16-8-7-14-10-13(4-6-15(14)11-16)5-9-17(19)21-3/h4-11H,1H2,2-3H3/b9-5+. The molecule has 0 radical (unpaired) electrons. The molecule has 0 spiro atoms. The van der Waals surface area contributed by atoms with Crippen molar-refractivity contribution in [1.82, 2.24) is 0 Å². The minimum absolute atomic E-state index is 0.350. The molecule has 0 unspecified atom stereocenters. The molecule has 0 amide bonds. The molecule has 22 heavy (non-hydrogen) atoms. The molecular weight excluding hydrogens is 280 g/mol. The molecule has 0 heterocycles. The van der Waals surface area contributed by atoms with Crippen LogP contribution < -0.4 is 4.74 Å². The molecule has 2 aromatic rings. The van der Waals surface area contributed by atoms with Crippen molar-refractivity contribution in [2.45, 2.75) is 6.92 Å².